The van der Waals surface area contributed by atoms with Crippen LogP contribution >= 0.6 is 0 Å². The molecule has 2 aromatic carbocycles. The lowest BCUT2D eigenvalue weighted by Gasteiger charge is -2.13. The molecule has 0 spiro atoms. The van der Waals surface area contributed by atoms with Gasteiger partial charge in [-0.2, -0.15) is 0 Å². The number of para-hydroxylation sites is 1. The molecule has 0 aliphatic rings. The summed E-state index contributed by atoms with van der Waals surface area (Å²) >= 11 is 0. The van der Waals surface area contributed by atoms with Gasteiger partial charge in [-0.25, -0.2) is 4.79 Å². The van der Waals surface area contributed by atoms with E-state index in [4.69, 9.17) is 13.9 Å². The molecular formula is C23H21NO6. The predicted molar refractivity (Wildman–Crippen MR) is 109 cm³/mol. The summed E-state index contributed by atoms with van der Waals surface area (Å²) in [6.45, 7) is 3.04. The first kappa shape index (κ1) is 20.9. The van der Waals surface area contributed by atoms with Crippen molar-refractivity contribution in [1.82, 2.24) is 0 Å². The Morgan fingerprint density at radius 2 is 1.77 bits per heavy atom. The van der Waals surface area contributed by atoms with Crippen molar-refractivity contribution in [1.29, 1.82) is 0 Å². The quantitative estimate of drug-likeness (QED) is 0.443. The minimum absolute atomic E-state index is 0.0279. The number of amides is 1. The van der Waals surface area contributed by atoms with E-state index in [2.05, 4.69) is 5.32 Å². The Kier molecular flexibility index (Phi) is 6.64. The van der Waals surface area contributed by atoms with Gasteiger partial charge in [0, 0.05) is 11.3 Å². The van der Waals surface area contributed by atoms with Gasteiger partial charge in [-0.15, -0.1) is 0 Å². The number of benzene rings is 2. The molecule has 0 aliphatic carbocycles. The highest BCUT2D eigenvalue weighted by Gasteiger charge is 2.21. The van der Waals surface area contributed by atoms with Crippen LogP contribution < -0.4 is 10.1 Å². The van der Waals surface area contributed by atoms with Crippen molar-refractivity contribution in [3.8, 4) is 5.75 Å². The topological polar surface area (TPSA) is 94.8 Å². The maximum Gasteiger partial charge on any atom is 0.375 e. The lowest BCUT2D eigenvalue weighted by molar-refractivity contribution is -0.123. The average Bonchev–Trinajstić information content (AvgIpc) is 3.22. The average molecular weight is 407 g/mol. The molecule has 0 unspecified atom stereocenters. The van der Waals surface area contributed by atoms with Crippen molar-refractivity contribution in [2.45, 2.75) is 26.6 Å². The highest BCUT2D eigenvalue weighted by atomic mass is 16.6. The molecule has 1 amide bonds. The number of anilines is 1. The van der Waals surface area contributed by atoms with Crippen LogP contribution in [-0.2, 0) is 16.1 Å². The van der Waals surface area contributed by atoms with Crippen LogP contribution in [0.4, 0.5) is 5.69 Å². The first-order valence-electron chi connectivity index (χ1n) is 9.32. The zero-order chi connectivity index (χ0) is 21.5. The molecule has 1 aromatic heterocycles. The van der Waals surface area contributed by atoms with Crippen molar-refractivity contribution in [2.24, 2.45) is 0 Å². The van der Waals surface area contributed by atoms with Crippen molar-refractivity contribution in [2.75, 3.05) is 5.32 Å². The van der Waals surface area contributed by atoms with Gasteiger partial charge in [-0.05, 0) is 50.2 Å². The van der Waals surface area contributed by atoms with Crippen LogP contribution in [0.5, 0.6) is 5.75 Å². The zero-order valence-corrected chi connectivity index (χ0v) is 16.6. The molecule has 3 aromatic rings. The highest BCUT2D eigenvalue weighted by Crippen LogP contribution is 2.16. The molecular weight excluding hydrogens is 386 g/mol. The fourth-order valence-corrected chi connectivity index (χ4v) is 2.57. The van der Waals surface area contributed by atoms with Crippen LogP contribution in [0, 0.1) is 0 Å². The summed E-state index contributed by atoms with van der Waals surface area (Å²) in [6, 6.07) is 18.8. The number of carbonyl (C=O) groups excluding carboxylic acids is 3. The van der Waals surface area contributed by atoms with Gasteiger partial charge >= 0.3 is 5.97 Å². The van der Waals surface area contributed by atoms with Crippen LogP contribution in [-0.4, -0.2) is 23.8 Å². The Bertz CT molecular complexity index is 1040. The SMILES string of the molecule is CC(=O)c1cccc(NC(=O)[C@H](C)OC(=O)c2ccc(COc3ccccc3)o2)c1. The second-order valence-corrected chi connectivity index (χ2v) is 6.54. The molecule has 0 saturated carbocycles. The third kappa shape index (κ3) is 5.57. The van der Waals surface area contributed by atoms with E-state index in [9.17, 15) is 14.4 Å². The van der Waals surface area contributed by atoms with Gasteiger partial charge in [0.25, 0.3) is 5.91 Å². The number of furan rings is 1. The van der Waals surface area contributed by atoms with Crippen molar-refractivity contribution in [3.05, 3.63) is 83.8 Å². The Labute approximate surface area is 173 Å². The maximum absolute atomic E-state index is 12.3. The van der Waals surface area contributed by atoms with E-state index in [0.717, 1.165) is 0 Å². The lowest BCUT2D eigenvalue weighted by Crippen LogP contribution is -2.30. The van der Waals surface area contributed by atoms with Crippen LogP contribution in [0.3, 0.4) is 0 Å². The third-order valence-electron chi connectivity index (χ3n) is 4.18. The number of esters is 1. The fourth-order valence-electron chi connectivity index (χ4n) is 2.57. The molecule has 0 aliphatic heterocycles. The smallest absolute Gasteiger partial charge is 0.375 e. The highest BCUT2D eigenvalue weighted by molar-refractivity contribution is 5.99. The molecule has 0 fully saturated rings. The maximum atomic E-state index is 12.3. The van der Waals surface area contributed by atoms with Gasteiger partial charge in [-0.3, -0.25) is 9.59 Å². The summed E-state index contributed by atoms with van der Waals surface area (Å²) in [4.78, 5) is 36.0. The summed E-state index contributed by atoms with van der Waals surface area (Å²) in [5, 5.41) is 2.62. The Morgan fingerprint density at radius 1 is 1.00 bits per heavy atom. The largest absolute Gasteiger partial charge is 0.486 e. The second-order valence-electron chi connectivity index (χ2n) is 6.54. The van der Waals surface area contributed by atoms with Crippen LogP contribution in [0.25, 0.3) is 0 Å². The van der Waals surface area contributed by atoms with Crippen LogP contribution in [0.1, 0.15) is 40.5 Å². The van der Waals surface area contributed by atoms with E-state index in [0.29, 0.717) is 22.8 Å². The van der Waals surface area contributed by atoms with Crippen molar-refractivity contribution >= 4 is 23.3 Å². The van der Waals surface area contributed by atoms with E-state index in [1.807, 2.05) is 30.3 Å². The Balaban J connectivity index is 1.53. The summed E-state index contributed by atoms with van der Waals surface area (Å²) < 4.78 is 16.2. The molecule has 1 heterocycles. The van der Waals surface area contributed by atoms with E-state index in [-0.39, 0.29) is 18.2 Å². The zero-order valence-electron chi connectivity index (χ0n) is 16.6. The number of Topliss-reactive ketones (excluding diaryl/α,β-unsaturated/α-hetero) is 1. The molecule has 1 N–H and O–H groups in total. The number of ketones is 1. The molecule has 0 bridgehead atoms. The number of nitrogens with one attached hydrogen (secondary N) is 1. The lowest BCUT2D eigenvalue weighted by atomic mass is 10.1. The molecule has 7 nitrogen and oxygen atoms in total. The third-order valence-corrected chi connectivity index (χ3v) is 4.18. The van der Waals surface area contributed by atoms with Crippen LogP contribution in [0.2, 0.25) is 0 Å². The van der Waals surface area contributed by atoms with Gasteiger partial charge in [0.1, 0.15) is 18.1 Å². The normalized spacial score (nSPS) is 11.4. The fraction of sp³-hybridized carbons (Fsp3) is 0.174. The molecule has 7 heteroatoms. The molecule has 3 rings (SSSR count). The molecule has 154 valence electrons. The van der Waals surface area contributed by atoms with Gasteiger partial charge in [0.05, 0.1) is 0 Å². The first-order valence-corrected chi connectivity index (χ1v) is 9.32. The number of hydrogen-bond donors (Lipinski definition) is 1. The first-order chi connectivity index (χ1) is 14.4. The standard InChI is InChI=1S/C23H21NO6/c1-15(25)17-7-6-8-18(13-17)24-22(26)16(2)29-23(27)21-12-11-20(30-21)14-28-19-9-4-3-5-10-19/h3-13,16H,14H2,1-2H3,(H,24,26)/t16-/m0/s1. The van der Waals surface area contributed by atoms with E-state index < -0.39 is 18.0 Å². The Morgan fingerprint density at radius 3 is 2.50 bits per heavy atom. The number of rotatable bonds is 8. The van der Waals surface area contributed by atoms with Gasteiger partial charge in [0.2, 0.25) is 5.76 Å². The van der Waals surface area contributed by atoms with Crippen molar-refractivity contribution < 1.29 is 28.3 Å². The Hall–Kier alpha value is -3.87. The van der Waals surface area contributed by atoms with Crippen LogP contribution in [0.15, 0.2) is 71.1 Å². The van der Waals surface area contributed by atoms with Gasteiger partial charge in [0.15, 0.2) is 11.9 Å². The van der Waals surface area contributed by atoms with E-state index in [1.165, 1.54) is 19.9 Å². The molecule has 30 heavy (non-hydrogen) atoms. The summed E-state index contributed by atoms with van der Waals surface area (Å²) in [5.74, 6) is -0.305. The number of carbonyl (C=O) groups is 3. The number of ether oxygens (including phenoxy) is 2. The summed E-state index contributed by atoms with van der Waals surface area (Å²) in [7, 11) is 0. The van der Waals surface area contributed by atoms with Crippen molar-refractivity contribution in [3.63, 3.8) is 0 Å². The molecule has 0 radical (unpaired) electrons. The minimum atomic E-state index is -1.06. The predicted octanol–water partition coefficient (Wildman–Crippen LogP) is 4.25. The van der Waals surface area contributed by atoms with Gasteiger partial charge in [-0.1, -0.05) is 30.3 Å². The summed E-state index contributed by atoms with van der Waals surface area (Å²) in [6.07, 6.45) is -1.06. The molecule has 1 atom stereocenters. The number of hydrogen-bond acceptors (Lipinski definition) is 6. The van der Waals surface area contributed by atoms with E-state index >= 15 is 0 Å². The monoisotopic (exact) mass is 407 g/mol. The summed E-state index contributed by atoms with van der Waals surface area (Å²) in [5.41, 5.74) is 0.909. The van der Waals surface area contributed by atoms with E-state index in [1.54, 1.807) is 30.3 Å². The minimum Gasteiger partial charge on any atom is -0.486 e. The van der Waals surface area contributed by atoms with Gasteiger partial charge < -0.3 is 19.2 Å². The second kappa shape index (κ2) is 9.56. The molecule has 0 saturated heterocycles.